The number of alkyl halides is 3. The molecule has 3 amide bonds. The van der Waals surface area contributed by atoms with Crippen molar-refractivity contribution in [3.8, 4) is 0 Å². The molecule has 0 heterocycles. The lowest BCUT2D eigenvalue weighted by Gasteiger charge is -2.18. The van der Waals surface area contributed by atoms with Crippen molar-refractivity contribution >= 4 is 64.2 Å². The van der Waals surface area contributed by atoms with Crippen molar-refractivity contribution in [2.75, 3.05) is 10.6 Å². The summed E-state index contributed by atoms with van der Waals surface area (Å²) in [6, 6.07) is 23.2. The standard InChI is InChI=1S/C33H26ClF3N4O5S/c1-2-29(32(44)39-26-16-15-22(34)18-25(26)33(35,36)37)47-24-13-8-12-23(19-24)38-31(43)27(40-30(42)20-9-4-3-5-10-20)17-21-11-6-7-14-28(21)41(45)46/h3-19,29H,2H2,1H3,(H,38,43)(H,39,44)(H,40,42)/b27-17+. The molecule has 4 aromatic rings. The van der Waals surface area contributed by atoms with Crippen LogP contribution in [-0.2, 0) is 15.8 Å². The number of nitro groups is 1. The largest absolute Gasteiger partial charge is 0.418 e. The maximum Gasteiger partial charge on any atom is 0.418 e. The van der Waals surface area contributed by atoms with E-state index in [0.29, 0.717) is 4.90 Å². The molecule has 242 valence electrons. The fourth-order valence-corrected chi connectivity index (χ4v) is 5.46. The van der Waals surface area contributed by atoms with Crippen molar-refractivity contribution in [3.63, 3.8) is 0 Å². The van der Waals surface area contributed by atoms with Crippen molar-refractivity contribution in [1.29, 1.82) is 0 Å². The SMILES string of the molecule is CCC(Sc1cccc(NC(=O)/C(=C\c2ccccc2[N+](=O)[O-])NC(=O)c2ccccc2)c1)C(=O)Nc1ccc(Cl)cc1C(F)(F)F. The average molecular weight is 683 g/mol. The van der Waals surface area contributed by atoms with E-state index in [2.05, 4.69) is 16.0 Å². The molecule has 14 heteroatoms. The van der Waals surface area contributed by atoms with Crippen molar-refractivity contribution < 1.29 is 32.5 Å². The zero-order valence-corrected chi connectivity index (χ0v) is 26.1. The van der Waals surface area contributed by atoms with Gasteiger partial charge in [0, 0.05) is 27.2 Å². The highest BCUT2D eigenvalue weighted by atomic mass is 35.5. The van der Waals surface area contributed by atoms with Crippen molar-refractivity contribution in [3.05, 3.63) is 135 Å². The molecular weight excluding hydrogens is 657 g/mol. The predicted molar refractivity (Wildman–Crippen MR) is 175 cm³/mol. The molecule has 1 unspecified atom stereocenters. The molecular formula is C33H26ClF3N4O5S. The Kier molecular flexibility index (Phi) is 11.4. The lowest BCUT2D eigenvalue weighted by atomic mass is 10.1. The van der Waals surface area contributed by atoms with E-state index < -0.39 is 45.3 Å². The number of hydrogen-bond donors (Lipinski definition) is 3. The van der Waals surface area contributed by atoms with Gasteiger partial charge in [0.15, 0.2) is 0 Å². The summed E-state index contributed by atoms with van der Waals surface area (Å²) < 4.78 is 40.6. The molecule has 0 aliphatic carbocycles. The normalized spacial score (nSPS) is 12.1. The third kappa shape index (κ3) is 9.44. The second-order valence-corrected chi connectivity index (χ2v) is 11.6. The molecule has 47 heavy (non-hydrogen) atoms. The summed E-state index contributed by atoms with van der Waals surface area (Å²) in [7, 11) is 0. The van der Waals surface area contributed by atoms with Crippen LogP contribution in [0.25, 0.3) is 6.08 Å². The molecule has 0 aliphatic rings. The van der Waals surface area contributed by atoms with Gasteiger partial charge in [-0.1, -0.05) is 54.9 Å². The minimum absolute atomic E-state index is 0.0754. The summed E-state index contributed by atoms with van der Waals surface area (Å²) in [6.45, 7) is 1.70. The van der Waals surface area contributed by atoms with Gasteiger partial charge in [0.1, 0.15) is 5.70 Å². The van der Waals surface area contributed by atoms with Crippen LogP contribution in [0, 0.1) is 10.1 Å². The van der Waals surface area contributed by atoms with Crippen molar-refractivity contribution in [1.82, 2.24) is 5.32 Å². The van der Waals surface area contributed by atoms with Crippen molar-refractivity contribution in [2.45, 2.75) is 29.7 Å². The summed E-state index contributed by atoms with van der Waals surface area (Å²) >= 11 is 6.81. The molecule has 4 aromatic carbocycles. The fourth-order valence-electron chi connectivity index (χ4n) is 4.28. The van der Waals surface area contributed by atoms with E-state index in [0.717, 1.165) is 23.9 Å². The number of rotatable bonds is 11. The van der Waals surface area contributed by atoms with E-state index in [1.807, 2.05) is 0 Å². The zero-order chi connectivity index (χ0) is 34.1. The number of carbonyl (C=O) groups is 3. The highest BCUT2D eigenvalue weighted by Gasteiger charge is 2.35. The molecule has 9 nitrogen and oxygen atoms in total. The number of nitrogens with zero attached hydrogens (tertiary/aromatic N) is 1. The Hall–Kier alpha value is -5.14. The van der Waals surface area contributed by atoms with Gasteiger partial charge in [-0.3, -0.25) is 24.5 Å². The minimum Gasteiger partial charge on any atom is -0.325 e. The van der Waals surface area contributed by atoms with E-state index in [9.17, 15) is 37.7 Å². The molecule has 0 spiro atoms. The average Bonchev–Trinajstić information content (AvgIpc) is 3.04. The number of thioether (sulfide) groups is 1. The molecule has 0 bridgehead atoms. The highest BCUT2D eigenvalue weighted by Crippen LogP contribution is 2.37. The van der Waals surface area contributed by atoms with E-state index in [1.165, 1.54) is 42.5 Å². The number of benzene rings is 4. The molecule has 1 atom stereocenters. The first-order valence-electron chi connectivity index (χ1n) is 13.9. The molecule has 0 fully saturated rings. The molecule has 0 saturated heterocycles. The summed E-state index contributed by atoms with van der Waals surface area (Å²) in [5, 5.41) is 18.2. The predicted octanol–water partition coefficient (Wildman–Crippen LogP) is 8.19. The van der Waals surface area contributed by atoms with E-state index >= 15 is 0 Å². The first-order valence-corrected chi connectivity index (χ1v) is 15.2. The lowest BCUT2D eigenvalue weighted by Crippen LogP contribution is -2.30. The maximum atomic E-state index is 13.5. The Morgan fingerprint density at radius 3 is 2.32 bits per heavy atom. The first-order chi connectivity index (χ1) is 22.3. The van der Waals surface area contributed by atoms with Crippen LogP contribution in [0.2, 0.25) is 5.02 Å². The Morgan fingerprint density at radius 2 is 1.64 bits per heavy atom. The fraction of sp³-hybridized carbons (Fsp3) is 0.121. The summed E-state index contributed by atoms with van der Waals surface area (Å²) in [5.74, 6) is -2.08. The monoisotopic (exact) mass is 682 g/mol. The number of hydrogen-bond acceptors (Lipinski definition) is 6. The molecule has 0 aromatic heterocycles. The van der Waals surface area contributed by atoms with Gasteiger partial charge in [0.2, 0.25) is 5.91 Å². The number of para-hydroxylation sites is 1. The number of nitrogens with one attached hydrogen (secondary N) is 3. The Bertz CT molecular complexity index is 1840. The van der Waals surface area contributed by atoms with Gasteiger partial charge >= 0.3 is 6.18 Å². The Labute approximate surface area is 276 Å². The first kappa shape index (κ1) is 34.7. The molecule has 0 aliphatic heterocycles. The van der Waals surface area contributed by atoms with Crippen LogP contribution >= 0.6 is 23.4 Å². The lowest BCUT2D eigenvalue weighted by molar-refractivity contribution is -0.385. The summed E-state index contributed by atoms with van der Waals surface area (Å²) in [4.78, 5) is 50.9. The zero-order valence-electron chi connectivity index (χ0n) is 24.5. The second kappa shape index (κ2) is 15.4. The van der Waals surface area contributed by atoms with Crippen LogP contribution in [-0.4, -0.2) is 27.9 Å². The summed E-state index contributed by atoms with van der Waals surface area (Å²) in [5.41, 5.74) is -1.48. The smallest absolute Gasteiger partial charge is 0.325 e. The molecule has 4 rings (SSSR count). The highest BCUT2D eigenvalue weighted by molar-refractivity contribution is 8.00. The quantitative estimate of drug-likeness (QED) is 0.0633. The Morgan fingerprint density at radius 1 is 0.936 bits per heavy atom. The van der Waals surface area contributed by atoms with Crippen LogP contribution in [0.3, 0.4) is 0 Å². The number of halogens is 4. The molecule has 0 saturated carbocycles. The van der Waals surface area contributed by atoms with Gasteiger partial charge in [0.05, 0.1) is 27.0 Å². The summed E-state index contributed by atoms with van der Waals surface area (Å²) in [6.07, 6.45) is -3.29. The van der Waals surface area contributed by atoms with E-state index in [4.69, 9.17) is 11.6 Å². The molecule has 3 N–H and O–H groups in total. The van der Waals surface area contributed by atoms with Crippen LogP contribution in [0.15, 0.2) is 108 Å². The van der Waals surface area contributed by atoms with Crippen LogP contribution in [0.4, 0.5) is 30.2 Å². The topological polar surface area (TPSA) is 130 Å². The second-order valence-electron chi connectivity index (χ2n) is 9.87. The number of nitro benzene ring substituents is 1. The number of anilines is 2. The minimum atomic E-state index is -4.74. The third-order valence-electron chi connectivity index (χ3n) is 6.54. The van der Waals surface area contributed by atoms with Gasteiger partial charge in [-0.2, -0.15) is 13.2 Å². The van der Waals surface area contributed by atoms with Crippen LogP contribution in [0.5, 0.6) is 0 Å². The van der Waals surface area contributed by atoms with Crippen LogP contribution in [0.1, 0.15) is 34.8 Å². The van der Waals surface area contributed by atoms with Gasteiger partial charge in [-0.25, -0.2) is 0 Å². The van der Waals surface area contributed by atoms with Gasteiger partial charge in [0.25, 0.3) is 17.5 Å². The maximum absolute atomic E-state index is 13.5. The van der Waals surface area contributed by atoms with Gasteiger partial charge in [-0.05, 0) is 67.1 Å². The third-order valence-corrected chi connectivity index (χ3v) is 8.13. The molecule has 0 radical (unpaired) electrons. The van der Waals surface area contributed by atoms with E-state index in [1.54, 1.807) is 55.5 Å². The number of amides is 3. The van der Waals surface area contributed by atoms with Crippen LogP contribution < -0.4 is 16.0 Å². The van der Waals surface area contributed by atoms with Gasteiger partial charge < -0.3 is 16.0 Å². The Balaban J connectivity index is 1.55. The van der Waals surface area contributed by atoms with E-state index in [-0.39, 0.29) is 39.6 Å². The van der Waals surface area contributed by atoms with Gasteiger partial charge in [-0.15, -0.1) is 11.8 Å². The number of carbonyl (C=O) groups excluding carboxylic acids is 3. The van der Waals surface area contributed by atoms with Crippen molar-refractivity contribution in [2.24, 2.45) is 0 Å².